The fourth-order valence-electron chi connectivity index (χ4n) is 4.61. The lowest BCUT2D eigenvalue weighted by Crippen LogP contribution is -2.54. The van der Waals surface area contributed by atoms with Gasteiger partial charge in [0.1, 0.15) is 11.8 Å². The number of benzene rings is 2. The zero-order valence-corrected chi connectivity index (χ0v) is 18.9. The van der Waals surface area contributed by atoms with E-state index in [1.54, 1.807) is 24.3 Å². The van der Waals surface area contributed by atoms with E-state index in [1.807, 2.05) is 12.1 Å². The minimum Gasteiger partial charge on any atom is -0.493 e. The van der Waals surface area contributed by atoms with Crippen molar-refractivity contribution in [2.75, 3.05) is 18.5 Å². The Hall–Kier alpha value is -4.21. The molecule has 1 saturated heterocycles. The number of imide groups is 2. The Kier molecular flexibility index (Phi) is 5.94. The number of nitrogens with one attached hydrogen (secondary N) is 3. The van der Waals surface area contributed by atoms with Gasteiger partial charge in [0, 0.05) is 25.1 Å². The lowest BCUT2D eigenvalue weighted by atomic mass is 10.0. The Bertz CT molecular complexity index is 1260. The number of hydrogen-bond acceptors (Lipinski definition) is 6. The number of hydrogen-bond donors (Lipinski definition) is 3. The van der Waals surface area contributed by atoms with Crippen LogP contribution < -0.4 is 20.7 Å². The van der Waals surface area contributed by atoms with Crippen LogP contribution in [0.25, 0.3) is 0 Å². The molecule has 0 aliphatic carbocycles. The maximum Gasteiger partial charge on any atom is 0.319 e. The van der Waals surface area contributed by atoms with Crippen LogP contribution in [-0.4, -0.2) is 53.8 Å². The molecule has 3 aliphatic rings. The van der Waals surface area contributed by atoms with Gasteiger partial charge in [-0.1, -0.05) is 6.07 Å². The number of piperidine rings is 1. The van der Waals surface area contributed by atoms with E-state index in [0.717, 1.165) is 28.2 Å². The molecule has 2 aromatic rings. The molecule has 35 heavy (non-hydrogen) atoms. The highest BCUT2D eigenvalue weighted by molar-refractivity contribution is 6.23. The second kappa shape index (κ2) is 9.21. The molecule has 1 fully saturated rings. The van der Waals surface area contributed by atoms with Gasteiger partial charge in [-0.15, -0.1) is 0 Å². The largest absolute Gasteiger partial charge is 0.493 e. The summed E-state index contributed by atoms with van der Waals surface area (Å²) in [5.41, 5.74) is 3.12. The fourth-order valence-corrected chi connectivity index (χ4v) is 4.61. The number of amides is 6. The number of carbonyl (C=O) groups excluding carboxylic acids is 5. The van der Waals surface area contributed by atoms with Gasteiger partial charge in [0.25, 0.3) is 11.8 Å². The Balaban J connectivity index is 1.14. The average molecular weight is 476 g/mol. The van der Waals surface area contributed by atoms with E-state index >= 15 is 0 Å². The summed E-state index contributed by atoms with van der Waals surface area (Å²) in [6.45, 7) is 1.08. The van der Waals surface area contributed by atoms with Crippen LogP contribution in [0.2, 0.25) is 0 Å². The normalized spacial score (nSPS) is 18.6. The van der Waals surface area contributed by atoms with Crippen molar-refractivity contribution in [2.24, 2.45) is 0 Å². The monoisotopic (exact) mass is 476 g/mol. The fraction of sp³-hybridized carbons (Fsp3) is 0.320. The second-order valence-electron chi connectivity index (χ2n) is 8.73. The lowest BCUT2D eigenvalue weighted by molar-refractivity contribution is -0.136. The molecule has 3 heterocycles. The van der Waals surface area contributed by atoms with Crippen LogP contribution in [0, 0.1) is 0 Å². The molecule has 10 heteroatoms. The highest BCUT2D eigenvalue weighted by Gasteiger charge is 2.44. The Morgan fingerprint density at radius 1 is 1.03 bits per heavy atom. The topological polar surface area (TPSA) is 134 Å². The van der Waals surface area contributed by atoms with Gasteiger partial charge in [0.2, 0.25) is 11.8 Å². The van der Waals surface area contributed by atoms with Gasteiger partial charge >= 0.3 is 6.03 Å². The minimum absolute atomic E-state index is 0.0799. The van der Waals surface area contributed by atoms with E-state index in [9.17, 15) is 24.0 Å². The molecule has 6 amide bonds. The van der Waals surface area contributed by atoms with Crippen molar-refractivity contribution in [2.45, 2.75) is 38.1 Å². The Morgan fingerprint density at radius 2 is 1.86 bits per heavy atom. The number of nitrogens with zero attached hydrogens (tertiary/aromatic N) is 1. The molecular weight excluding hydrogens is 452 g/mol. The average Bonchev–Trinajstić information content (AvgIpc) is 3.39. The molecule has 1 atom stereocenters. The standard InChI is InChI=1S/C25H24N4O6/c30-21-8-6-19(22(31)28-21)29-23(32)17-5-3-14(12-18(17)24(29)33)2-1-10-26-25(34)27-16-4-7-20-15(13-16)9-11-35-20/h3-5,7,12-13,19H,1-2,6,8-11H2,(H2,26,27,34)(H,28,30,31). The third-order valence-corrected chi connectivity index (χ3v) is 6.38. The molecule has 2 aromatic carbocycles. The lowest BCUT2D eigenvalue weighted by Gasteiger charge is -2.27. The van der Waals surface area contributed by atoms with Crippen LogP contribution in [0.4, 0.5) is 10.5 Å². The number of fused-ring (bicyclic) bond motifs is 2. The van der Waals surface area contributed by atoms with Crippen LogP contribution in [0.3, 0.4) is 0 Å². The molecule has 0 aromatic heterocycles. The molecule has 0 radical (unpaired) electrons. The molecule has 0 bridgehead atoms. The molecule has 3 aliphatic heterocycles. The van der Waals surface area contributed by atoms with E-state index < -0.39 is 29.7 Å². The highest BCUT2D eigenvalue weighted by atomic mass is 16.5. The smallest absolute Gasteiger partial charge is 0.319 e. The highest BCUT2D eigenvalue weighted by Crippen LogP contribution is 2.29. The van der Waals surface area contributed by atoms with E-state index in [-0.39, 0.29) is 30.0 Å². The zero-order valence-electron chi connectivity index (χ0n) is 18.9. The summed E-state index contributed by atoms with van der Waals surface area (Å²) in [7, 11) is 0. The van der Waals surface area contributed by atoms with Crippen molar-refractivity contribution in [3.63, 3.8) is 0 Å². The van der Waals surface area contributed by atoms with Crippen LogP contribution in [0.1, 0.15) is 51.1 Å². The van der Waals surface area contributed by atoms with E-state index in [0.29, 0.717) is 31.7 Å². The van der Waals surface area contributed by atoms with E-state index in [2.05, 4.69) is 16.0 Å². The van der Waals surface area contributed by atoms with Gasteiger partial charge in [0.15, 0.2) is 0 Å². The van der Waals surface area contributed by atoms with E-state index in [4.69, 9.17) is 4.74 Å². The third-order valence-electron chi connectivity index (χ3n) is 6.38. The number of aryl methyl sites for hydroxylation is 1. The maximum atomic E-state index is 12.9. The van der Waals surface area contributed by atoms with Crippen LogP contribution in [-0.2, 0) is 22.4 Å². The second-order valence-corrected chi connectivity index (χ2v) is 8.73. The van der Waals surface area contributed by atoms with Gasteiger partial charge < -0.3 is 15.4 Å². The first-order valence-electron chi connectivity index (χ1n) is 11.6. The Morgan fingerprint density at radius 3 is 2.69 bits per heavy atom. The number of ether oxygens (including phenoxy) is 1. The van der Waals surface area contributed by atoms with Crippen LogP contribution in [0.15, 0.2) is 36.4 Å². The summed E-state index contributed by atoms with van der Waals surface area (Å²) in [4.78, 5) is 62.4. The third kappa shape index (κ3) is 4.46. The first kappa shape index (κ1) is 22.6. The predicted octanol–water partition coefficient (Wildman–Crippen LogP) is 1.78. The molecule has 5 rings (SSSR count). The number of anilines is 1. The number of rotatable bonds is 6. The van der Waals surface area contributed by atoms with Crippen molar-refractivity contribution in [3.05, 3.63) is 58.7 Å². The van der Waals surface area contributed by atoms with Crippen LogP contribution >= 0.6 is 0 Å². The van der Waals surface area contributed by atoms with Gasteiger partial charge in [-0.25, -0.2) is 4.79 Å². The van der Waals surface area contributed by atoms with Gasteiger partial charge in [-0.2, -0.15) is 0 Å². The summed E-state index contributed by atoms with van der Waals surface area (Å²) in [5.74, 6) is -1.24. The molecule has 10 nitrogen and oxygen atoms in total. The first-order chi connectivity index (χ1) is 16.9. The quantitative estimate of drug-likeness (QED) is 0.430. The summed E-state index contributed by atoms with van der Waals surface area (Å²) >= 11 is 0. The Labute approximate surface area is 201 Å². The molecule has 3 N–H and O–H groups in total. The first-order valence-corrected chi connectivity index (χ1v) is 11.6. The van der Waals surface area contributed by atoms with Gasteiger partial charge in [-0.05, 0) is 60.7 Å². The van der Waals surface area contributed by atoms with Crippen molar-refractivity contribution in [3.8, 4) is 5.75 Å². The molecular formula is C25H24N4O6. The maximum absolute atomic E-state index is 12.9. The van der Waals surface area contributed by atoms with Crippen molar-refractivity contribution >= 4 is 35.3 Å². The number of carbonyl (C=O) groups is 5. The molecule has 0 spiro atoms. The number of urea groups is 1. The minimum atomic E-state index is -0.982. The van der Waals surface area contributed by atoms with Crippen molar-refractivity contribution < 1.29 is 28.7 Å². The predicted molar refractivity (Wildman–Crippen MR) is 124 cm³/mol. The molecule has 0 saturated carbocycles. The van der Waals surface area contributed by atoms with Crippen molar-refractivity contribution in [1.82, 2.24) is 15.5 Å². The SMILES string of the molecule is O=C1CCC(N2C(=O)c3ccc(CCCNC(=O)Nc4ccc5c(c4)CCO5)cc3C2=O)C(=O)N1. The summed E-state index contributed by atoms with van der Waals surface area (Å²) in [6, 6.07) is 9.28. The summed E-state index contributed by atoms with van der Waals surface area (Å²) in [5, 5.41) is 7.81. The van der Waals surface area contributed by atoms with E-state index in [1.165, 1.54) is 0 Å². The van der Waals surface area contributed by atoms with Gasteiger partial charge in [0.05, 0.1) is 17.7 Å². The van der Waals surface area contributed by atoms with Crippen molar-refractivity contribution in [1.29, 1.82) is 0 Å². The molecule has 180 valence electrons. The summed E-state index contributed by atoms with van der Waals surface area (Å²) in [6.07, 6.45) is 2.24. The van der Waals surface area contributed by atoms with Crippen LogP contribution in [0.5, 0.6) is 5.75 Å². The molecule has 1 unspecified atom stereocenters. The van der Waals surface area contributed by atoms with Gasteiger partial charge in [-0.3, -0.25) is 29.4 Å². The zero-order chi connectivity index (χ0) is 24.5. The summed E-state index contributed by atoms with van der Waals surface area (Å²) < 4.78 is 5.46.